The van der Waals surface area contributed by atoms with Gasteiger partial charge in [0.05, 0.1) is 24.5 Å². The Balaban J connectivity index is 0.950. The number of sulfonamides is 1. The summed E-state index contributed by atoms with van der Waals surface area (Å²) >= 11 is 12.7. The van der Waals surface area contributed by atoms with Crippen LogP contribution in [0.3, 0.4) is 0 Å². The number of allylic oxidation sites excluding steroid dienone is 1. The highest BCUT2D eigenvalue weighted by molar-refractivity contribution is 7.90. The van der Waals surface area contributed by atoms with Crippen molar-refractivity contribution in [1.29, 1.82) is 0 Å². The van der Waals surface area contributed by atoms with Crippen molar-refractivity contribution < 1.29 is 31.9 Å². The second kappa shape index (κ2) is 19.5. The van der Waals surface area contributed by atoms with Crippen molar-refractivity contribution in [3.63, 3.8) is 0 Å². The van der Waals surface area contributed by atoms with Gasteiger partial charge in [-0.1, -0.05) is 54.8 Å². The monoisotopic (exact) mass is 960 g/mol. The van der Waals surface area contributed by atoms with Gasteiger partial charge < -0.3 is 29.2 Å². The smallest absolute Gasteiger partial charge is 0.268 e. The number of pyridine rings is 2. The highest BCUT2D eigenvalue weighted by Gasteiger charge is 2.37. The third kappa shape index (κ3) is 11.3. The van der Waals surface area contributed by atoms with E-state index in [0.29, 0.717) is 11.4 Å². The fourth-order valence-corrected chi connectivity index (χ4v) is 10.1. The Morgan fingerprint density at radius 2 is 1.67 bits per heavy atom. The lowest BCUT2D eigenvalue weighted by Gasteiger charge is -2.39. The zero-order valence-corrected chi connectivity index (χ0v) is 39.9. The van der Waals surface area contributed by atoms with E-state index >= 15 is 4.39 Å². The number of carbonyl (C=O) groups excluding carboxylic acids is 2. The number of likely N-dealkylation sites (tertiary alicyclic amines) is 1. The second-order valence-corrected chi connectivity index (χ2v) is 21.0. The number of likely N-dealkylation sites (N-methyl/N-ethyl adjacent to an activating group) is 1. The second-order valence-electron chi connectivity index (χ2n) is 18.5. The third-order valence-corrected chi connectivity index (χ3v) is 14.4. The van der Waals surface area contributed by atoms with E-state index in [0.717, 1.165) is 80.3 Å². The van der Waals surface area contributed by atoms with Gasteiger partial charge in [-0.25, -0.2) is 27.5 Å². The normalized spacial score (nSPS) is 17.9. The number of ether oxygens (including phenoxy) is 2. The zero-order chi connectivity index (χ0) is 46.8. The quantitative estimate of drug-likeness (QED) is 0.111. The van der Waals surface area contributed by atoms with E-state index in [1.54, 1.807) is 54.4 Å². The number of piperidine rings is 1. The summed E-state index contributed by atoms with van der Waals surface area (Å²) in [4.78, 5) is 45.6. The van der Waals surface area contributed by atoms with Crippen molar-refractivity contribution in [2.45, 2.75) is 56.5 Å². The van der Waals surface area contributed by atoms with Gasteiger partial charge >= 0.3 is 0 Å². The van der Waals surface area contributed by atoms with Gasteiger partial charge in [0.1, 0.15) is 39.3 Å². The van der Waals surface area contributed by atoms with E-state index in [2.05, 4.69) is 55.5 Å². The molecule has 66 heavy (non-hydrogen) atoms. The Bertz CT molecular complexity index is 2730. The molecule has 0 spiro atoms. The van der Waals surface area contributed by atoms with Crippen LogP contribution in [0.4, 0.5) is 10.1 Å². The number of aromatic nitrogens is 3. The fourth-order valence-electron chi connectivity index (χ4n) is 8.75. The summed E-state index contributed by atoms with van der Waals surface area (Å²) in [6.45, 7) is 8.96. The molecular formula is C48H55Cl2FN8O6S. The molecule has 2 aromatic carbocycles. The van der Waals surface area contributed by atoms with Crippen LogP contribution in [0.15, 0.2) is 89.7 Å². The lowest BCUT2D eigenvalue weighted by molar-refractivity contribution is -0.134. The van der Waals surface area contributed by atoms with Gasteiger partial charge in [-0.3, -0.25) is 14.5 Å². The number of halogens is 3. The molecule has 5 heterocycles. The molecule has 0 radical (unpaired) electrons. The zero-order valence-electron chi connectivity index (χ0n) is 37.6. The Morgan fingerprint density at radius 1 is 0.924 bits per heavy atom. The van der Waals surface area contributed by atoms with E-state index < -0.39 is 26.5 Å². The van der Waals surface area contributed by atoms with Crippen molar-refractivity contribution >= 4 is 67.3 Å². The molecule has 0 bridgehead atoms. The van der Waals surface area contributed by atoms with E-state index in [1.165, 1.54) is 22.9 Å². The molecule has 2 amide bonds. The van der Waals surface area contributed by atoms with Crippen molar-refractivity contribution in [1.82, 2.24) is 34.4 Å². The number of carbonyl (C=O) groups is 2. The number of amides is 2. The van der Waals surface area contributed by atoms with Crippen molar-refractivity contribution in [2.24, 2.45) is 5.41 Å². The number of hydrogen-bond acceptors (Lipinski definition) is 11. The Kier molecular flexibility index (Phi) is 14.0. The molecule has 18 heteroatoms. The van der Waals surface area contributed by atoms with Crippen molar-refractivity contribution in [2.75, 3.05) is 78.0 Å². The Morgan fingerprint density at radius 3 is 2.38 bits per heavy atom. The highest BCUT2D eigenvalue weighted by Crippen LogP contribution is 2.43. The van der Waals surface area contributed by atoms with E-state index in [-0.39, 0.29) is 72.6 Å². The lowest BCUT2D eigenvalue weighted by Crippen LogP contribution is -2.49. The summed E-state index contributed by atoms with van der Waals surface area (Å²) < 4.78 is 57.1. The predicted octanol–water partition coefficient (Wildman–Crippen LogP) is 8.23. The topological polar surface area (TPSA) is 153 Å². The van der Waals surface area contributed by atoms with Crippen LogP contribution in [0.2, 0.25) is 10.0 Å². The first-order chi connectivity index (χ1) is 31.4. The summed E-state index contributed by atoms with van der Waals surface area (Å²) in [7, 11) is -0.932. The first-order valence-electron chi connectivity index (χ1n) is 22.1. The van der Waals surface area contributed by atoms with Gasteiger partial charge in [0, 0.05) is 87.0 Å². The van der Waals surface area contributed by atoms with E-state index in [1.807, 2.05) is 18.2 Å². The van der Waals surface area contributed by atoms with Crippen molar-refractivity contribution in [3.8, 4) is 17.4 Å². The Hall–Kier alpha value is -5.26. The average Bonchev–Trinajstić information content (AvgIpc) is 3.75. The largest absolute Gasteiger partial charge is 0.473 e. The van der Waals surface area contributed by atoms with Gasteiger partial charge in [0.25, 0.3) is 15.9 Å². The summed E-state index contributed by atoms with van der Waals surface area (Å²) in [5, 5.41) is 1.33. The van der Waals surface area contributed by atoms with Crippen LogP contribution in [0.5, 0.6) is 17.4 Å². The maximum atomic E-state index is 15.7. The minimum absolute atomic E-state index is 0.0290. The maximum absolute atomic E-state index is 15.7. The molecule has 5 aromatic rings. The lowest BCUT2D eigenvalue weighted by atomic mass is 9.72. The number of hydrogen-bond donors (Lipinski definition) is 2. The summed E-state index contributed by atoms with van der Waals surface area (Å²) in [5.74, 6) is -0.695. The van der Waals surface area contributed by atoms with Gasteiger partial charge in [-0.05, 0) is 92.4 Å². The SMILES string of the molecule is CN(C)CC(=O)N1CCC(F)(COc2ncc(S(=O)(=O)NC(=O)c3ccc(N4CCN(CC5=C(c6ccc(Cl)cc6)CC(C)(C)CC5)CC4)cc3Oc3cnc4[nH]ccc4c3)cc2Cl)CC1. The summed E-state index contributed by atoms with van der Waals surface area (Å²) in [5.41, 5.74) is 4.03. The fraction of sp³-hybridized carbons (Fsp3) is 0.417. The first kappa shape index (κ1) is 47.2. The molecule has 350 valence electrons. The van der Waals surface area contributed by atoms with Crippen LogP contribution in [-0.4, -0.2) is 129 Å². The number of benzene rings is 2. The maximum Gasteiger partial charge on any atom is 0.268 e. The van der Waals surface area contributed by atoms with Crippen LogP contribution in [-0.2, 0) is 14.8 Å². The van der Waals surface area contributed by atoms with Gasteiger partial charge in [-0.2, -0.15) is 0 Å². The summed E-state index contributed by atoms with van der Waals surface area (Å²) in [6, 6.07) is 18.0. The average molecular weight is 962 g/mol. The van der Waals surface area contributed by atoms with Crippen LogP contribution < -0.4 is 19.1 Å². The molecule has 14 nitrogen and oxygen atoms in total. The summed E-state index contributed by atoms with van der Waals surface area (Å²) in [6.07, 6.45) is 7.59. The first-order valence-corrected chi connectivity index (χ1v) is 24.3. The number of aromatic amines is 1. The Labute approximate surface area is 395 Å². The van der Waals surface area contributed by atoms with Crippen LogP contribution in [0, 0.1) is 5.41 Å². The van der Waals surface area contributed by atoms with Gasteiger partial charge in [0.2, 0.25) is 11.8 Å². The molecule has 2 saturated heterocycles. The number of alkyl halides is 1. The molecule has 1 aliphatic carbocycles. The minimum Gasteiger partial charge on any atom is -0.473 e. The molecule has 0 unspecified atom stereocenters. The number of piperazine rings is 1. The third-order valence-electron chi connectivity index (χ3n) is 12.6. The number of H-pyrrole nitrogens is 1. The molecule has 2 aliphatic heterocycles. The molecule has 0 atom stereocenters. The molecule has 2 fully saturated rings. The van der Waals surface area contributed by atoms with E-state index in [4.69, 9.17) is 32.7 Å². The van der Waals surface area contributed by atoms with Crippen LogP contribution in [0.25, 0.3) is 16.6 Å². The molecule has 3 aromatic heterocycles. The van der Waals surface area contributed by atoms with Gasteiger partial charge in [0.15, 0.2) is 0 Å². The highest BCUT2D eigenvalue weighted by atomic mass is 35.5. The van der Waals surface area contributed by atoms with Crippen LogP contribution >= 0.6 is 23.2 Å². The van der Waals surface area contributed by atoms with E-state index in [9.17, 15) is 18.0 Å². The van der Waals surface area contributed by atoms with Crippen molar-refractivity contribution in [3.05, 3.63) is 106 Å². The molecule has 0 saturated carbocycles. The molecule has 2 N–H and O–H groups in total. The minimum atomic E-state index is -4.52. The predicted molar refractivity (Wildman–Crippen MR) is 255 cm³/mol. The molecular weight excluding hydrogens is 907 g/mol. The molecule has 8 rings (SSSR count). The molecule has 3 aliphatic rings. The number of fused-ring (bicyclic) bond motifs is 1. The number of anilines is 1. The van der Waals surface area contributed by atoms with Gasteiger partial charge in [-0.15, -0.1) is 0 Å². The standard InChI is InChI=1S/C48H55Cl2FN8O6S/c1-47(2)13-11-34(40(26-47)32-5-7-35(49)8-6-32)29-57-19-21-58(22-20-57)36-9-10-39(42(24-36)65-37-23-33-12-16-52-44(33)53-27-37)45(61)55-66(62,63)38-25-41(50)46(54-28-38)64-31-48(51)14-17-59(18-15-48)43(60)30-56(3)4/h5-10,12,16,23-25,27-28H,11,13-15,17-22,26,29-31H2,1-4H3,(H,52,53)(H,55,61). The van der Waals surface area contributed by atoms with Crippen LogP contribution in [0.1, 0.15) is 61.9 Å². The number of nitrogens with one attached hydrogen (secondary N) is 2. The number of rotatable bonds is 14. The number of nitrogens with zero attached hydrogens (tertiary/aromatic N) is 6.